The second-order valence-corrected chi connectivity index (χ2v) is 3.85. The highest BCUT2D eigenvalue weighted by Crippen LogP contribution is 2.36. The molecule has 0 radical (unpaired) electrons. The number of rotatable bonds is 4. The van der Waals surface area contributed by atoms with E-state index in [2.05, 4.69) is 17.0 Å². The highest BCUT2D eigenvalue weighted by Gasteiger charge is 2.37. The van der Waals surface area contributed by atoms with Crippen molar-refractivity contribution < 1.29 is 0 Å². The molecule has 0 bridgehead atoms. The first-order chi connectivity index (χ1) is 6.23. The number of nitrogens with two attached hydrogens (primary N) is 1. The lowest BCUT2D eigenvalue weighted by Crippen LogP contribution is -2.23. The second kappa shape index (κ2) is 3.10. The summed E-state index contributed by atoms with van der Waals surface area (Å²) < 4.78 is 1.94. The van der Waals surface area contributed by atoms with Gasteiger partial charge in [-0.2, -0.15) is 5.10 Å². The number of nitrogens with zero attached hydrogens (tertiary/aromatic N) is 3. The van der Waals surface area contributed by atoms with E-state index in [9.17, 15) is 0 Å². The average Bonchev–Trinajstić information content (AvgIpc) is 2.69. The molecule has 13 heavy (non-hydrogen) atoms. The molecule has 2 N–H and O–H groups in total. The van der Waals surface area contributed by atoms with Gasteiger partial charge in [0.25, 0.3) is 0 Å². The molecular weight excluding hydrogens is 164 g/mol. The predicted octanol–water partition coefficient (Wildman–Crippen LogP) is 0.722. The molecule has 4 heteroatoms. The fraction of sp³-hybridized carbons (Fsp3) is 0.778. The van der Waals surface area contributed by atoms with E-state index in [1.54, 1.807) is 6.33 Å². The lowest BCUT2D eigenvalue weighted by atomic mass is 10.1. The lowest BCUT2D eigenvalue weighted by Gasteiger charge is -2.07. The van der Waals surface area contributed by atoms with E-state index in [0.29, 0.717) is 0 Å². The normalized spacial score (nSPS) is 18.9. The molecule has 1 heterocycles. The molecular formula is C9H16N4. The third-order valence-corrected chi connectivity index (χ3v) is 2.73. The number of hydrogen-bond donors (Lipinski definition) is 1. The van der Waals surface area contributed by atoms with Gasteiger partial charge < -0.3 is 5.73 Å². The molecule has 72 valence electrons. The van der Waals surface area contributed by atoms with Crippen molar-refractivity contribution >= 4 is 0 Å². The van der Waals surface area contributed by atoms with Crippen LogP contribution in [-0.4, -0.2) is 20.3 Å². The maximum absolute atomic E-state index is 6.00. The van der Waals surface area contributed by atoms with Gasteiger partial charge in [0, 0.05) is 18.5 Å². The Bertz CT molecular complexity index is 288. The van der Waals surface area contributed by atoms with Gasteiger partial charge in [0.15, 0.2) is 0 Å². The summed E-state index contributed by atoms with van der Waals surface area (Å²) in [5.41, 5.74) is 6.13. The molecule has 0 spiro atoms. The quantitative estimate of drug-likeness (QED) is 0.742. The van der Waals surface area contributed by atoms with Crippen molar-refractivity contribution in [2.75, 3.05) is 0 Å². The Hall–Kier alpha value is -0.900. The van der Waals surface area contributed by atoms with Gasteiger partial charge in [0.05, 0.1) is 0 Å². The summed E-state index contributed by atoms with van der Waals surface area (Å²) >= 11 is 0. The van der Waals surface area contributed by atoms with E-state index in [-0.39, 0.29) is 5.54 Å². The fourth-order valence-corrected chi connectivity index (χ4v) is 1.52. The van der Waals surface area contributed by atoms with Crippen molar-refractivity contribution in [2.45, 2.75) is 44.7 Å². The molecule has 1 aliphatic rings. The first-order valence-electron chi connectivity index (χ1n) is 4.89. The Kier molecular flexibility index (Phi) is 2.07. The SMILES string of the molecule is CCn1ncnc1CCC1(N)CC1. The van der Waals surface area contributed by atoms with E-state index in [0.717, 1.165) is 25.2 Å². The minimum atomic E-state index is 0.129. The van der Waals surface area contributed by atoms with Crippen molar-refractivity contribution in [2.24, 2.45) is 5.73 Å². The highest BCUT2D eigenvalue weighted by molar-refractivity contribution is 5.01. The van der Waals surface area contributed by atoms with Crippen molar-refractivity contribution in [3.63, 3.8) is 0 Å². The molecule has 0 aliphatic heterocycles. The third-order valence-electron chi connectivity index (χ3n) is 2.73. The Balaban J connectivity index is 1.93. The van der Waals surface area contributed by atoms with Crippen LogP contribution in [0.15, 0.2) is 6.33 Å². The molecule has 0 unspecified atom stereocenters. The first-order valence-corrected chi connectivity index (χ1v) is 4.89. The maximum Gasteiger partial charge on any atom is 0.138 e. The molecule has 0 aromatic carbocycles. The van der Waals surface area contributed by atoms with E-state index in [1.165, 1.54) is 12.8 Å². The van der Waals surface area contributed by atoms with Gasteiger partial charge >= 0.3 is 0 Å². The zero-order valence-electron chi connectivity index (χ0n) is 8.03. The Morgan fingerprint density at radius 3 is 3.00 bits per heavy atom. The molecule has 2 rings (SSSR count). The van der Waals surface area contributed by atoms with Crippen molar-refractivity contribution in [3.05, 3.63) is 12.2 Å². The van der Waals surface area contributed by atoms with Crippen LogP contribution >= 0.6 is 0 Å². The molecule has 1 saturated carbocycles. The molecule has 0 atom stereocenters. The zero-order chi connectivity index (χ0) is 9.31. The minimum Gasteiger partial charge on any atom is -0.325 e. The van der Waals surface area contributed by atoms with Gasteiger partial charge in [-0.25, -0.2) is 4.98 Å². The number of aryl methyl sites for hydroxylation is 2. The van der Waals surface area contributed by atoms with E-state index >= 15 is 0 Å². The highest BCUT2D eigenvalue weighted by atomic mass is 15.3. The van der Waals surface area contributed by atoms with Crippen molar-refractivity contribution in [1.82, 2.24) is 14.8 Å². The first kappa shape index (κ1) is 8.69. The van der Waals surface area contributed by atoms with Crippen LogP contribution in [-0.2, 0) is 13.0 Å². The lowest BCUT2D eigenvalue weighted by molar-refractivity contribution is 0.554. The number of aromatic nitrogens is 3. The van der Waals surface area contributed by atoms with Crippen LogP contribution in [0.4, 0.5) is 0 Å². The Morgan fingerprint density at radius 1 is 1.62 bits per heavy atom. The molecule has 4 nitrogen and oxygen atoms in total. The van der Waals surface area contributed by atoms with Gasteiger partial charge in [-0.05, 0) is 26.2 Å². The summed E-state index contributed by atoms with van der Waals surface area (Å²) in [5, 5.41) is 4.12. The summed E-state index contributed by atoms with van der Waals surface area (Å²) in [6.45, 7) is 2.97. The zero-order valence-corrected chi connectivity index (χ0v) is 8.03. The van der Waals surface area contributed by atoms with Crippen LogP contribution in [0.5, 0.6) is 0 Å². The largest absolute Gasteiger partial charge is 0.325 e. The summed E-state index contributed by atoms with van der Waals surface area (Å²) in [6.07, 6.45) is 5.98. The molecule has 1 fully saturated rings. The van der Waals surface area contributed by atoms with Crippen LogP contribution in [0.1, 0.15) is 32.0 Å². The van der Waals surface area contributed by atoms with Gasteiger partial charge in [-0.1, -0.05) is 0 Å². The molecule has 1 aromatic heterocycles. The Morgan fingerprint density at radius 2 is 2.38 bits per heavy atom. The van der Waals surface area contributed by atoms with Gasteiger partial charge in [0.1, 0.15) is 12.2 Å². The summed E-state index contributed by atoms with van der Waals surface area (Å²) in [7, 11) is 0. The smallest absolute Gasteiger partial charge is 0.138 e. The molecule has 1 aromatic rings. The summed E-state index contributed by atoms with van der Waals surface area (Å²) in [6, 6.07) is 0. The van der Waals surface area contributed by atoms with Crippen LogP contribution < -0.4 is 5.73 Å². The van der Waals surface area contributed by atoms with Crippen LogP contribution in [0.2, 0.25) is 0 Å². The summed E-state index contributed by atoms with van der Waals surface area (Å²) in [4.78, 5) is 4.21. The third kappa shape index (κ3) is 1.88. The molecule has 0 amide bonds. The maximum atomic E-state index is 6.00. The van der Waals surface area contributed by atoms with Crippen LogP contribution in [0, 0.1) is 0 Å². The minimum absolute atomic E-state index is 0.129. The number of hydrogen-bond acceptors (Lipinski definition) is 3. The fourth-order valence-electron chi connectivity index (χ4n) is 1.52. The van der Waals surface area contributed by atoms with Crippen LogP contribution in [0.25, 0.3) is 0 Å². The van der Waals surface area contributed by atoms with Crippen molar-refractivity contribution in [1.29, 1.82) is 0 Å². The molecule has 0 saturated heterocycles. The monoisotopic (exact) mass is 180 g/mol. The average molecular weight is 180 g/mol. The second-order valence-electron chi connectivity index (χ2n) is 3.85. The van der Waals surface area contributed by atoms with Gasteiger partial charge in [-0.3, -0.25) is 4.68 Å². The van der Waals surface area contributed by atoms with E-state index in [1.807, 2.05) is 4.68 Å². The van der Waals surface area contributed by atoms with E-state index in [4.69, 9.17) is 5.73 Å². The van der Waals surface area contributed by atoms with E-state index < -0.39 is 0 Å². The Labute approximate surface area is 78.1 Å². The predicted molar refractivity (Wildman–Crippen MR) is 50.2 cm³/mol. The van der Waals surface area contributed by atoms with Crippen LogP contribution in [0.3, 0.4) is 0 Å². The van der Waals surface area contributed by atoms with Gasteiger partial charge in [-0.15, -0.1) is 0 Å². The summed E-state index contributed by atoms with van der Waals surface area (Å²) in [5.74, 6) is 1.07. The topological polar surface area (TPSA) is 56.7 Å². The standard InChI is InChI=1S/C9H16N4/c1-2-13-8(11-7-12-13)3-4-9(10)5-6-9/h7H,2-6,10H2,1H3. The molecule has 1 aliphatic carbocycles. The van der Waals surface area contributed by atoms with Crippen molar-refractivity contribution in [3.8, 4) is 0 Å². The van der Waals surface area contributed by atoms with Gasteiger partial charge in [0.2, 0.25) is 0 Å².